The van der Waals surface area contributed by atoms with Gasteiger partial charge in [-0.15, -0.1) is 0 Å². The normalized spacial score (nSPS) is 18.5. The topological polar surface area (TPSA) is 76.8 Å². The van der Waals surface area contributed by atoms with Gasteiger partial charge >= 0.3 is 0 Å². The molecule has 1 saturated heterocycles. The number of nitrogens with zero attached hydrogens (tertiary/aromatic N) is 6. The highest BCUT2D eigenvalue weighted by Gasteiger charge is 2.27. The molecule has 7 nitrogen and oxygen atoms in total. The van der Waals surface area contributed by atoms with Gasteiger partial charge in [-0.2, -0.15) is 5.10 Å². The molecule has 0 N–H and O–H groups in total. The Balaban J connectivity index is 1.76. The van der Waals surface area contributed by atoms with Crippen molar-refractivity contribution in [1.29, 1.82) is 0 Å². The Hall–Kier alpha value is -2.31. The quantitative estimate of drug-likeness (QED) is 0.839. The standard InChI is InChI=1S/C15H20N6O/c1-10-7-17-14(8-16-10)15(22)20-6-4-5-13(9-20)21-12(3)18-11(2)19-21/h7-8,13H,4-6,9H2,1-3H3/t13-/m0/s1. The van der Waals surface area contributed by atoms with Crippen molar-refractivity contribution < 1.29 is 4.79 Å². The van der Waals surface area contributed by atoms with Crippen LogP contribution in [0.3, 0.4) is 0 Å². The fourth-order valence-electron chi connectivity index (χ4n) is 2.89. The monoisotopic (exact) mass is 300 g/mol. The molecule has 1 atom stereocenters. The third-order valence-corrected chi connectivity index (χ3v) is 3.94. The molecular formula is C15H20N6O. The number of aromatic nitrogens is 5. The maximum atomic E-state index is 12.6. The van der Waals surface area contributed by atoms with Crippen LogP contribution in [0.4, 0.5) is 0 Å². The first-order chi connectivity index (χ1) is 10.5. The Labute approximate surface area is 129 Å². The van der Waals surface area contributed by atoms with Crippen LogP contribution < -0.4 is 0 Å². The minimum Gasteiger partial charge on any atom is -0.335 e. The van der Waals surface area contributed by atoms with Crippen LogP contribution in [0.2, 0.25) is 0 Å². The van der Waals surface area contributed by atoms with E-state index in [0.717, 1.165) is 36.7 Å². The summed E-state index contributed by atoms with van der Waals surface area (Å²) in [6.07, 6.45) is 5.13. The zero-order valence-corrected chi connectivity index (χ0v) is 13.2. The van der Waals surface area contributed by atoms with E-state index in [-0.39, 0.29) is 11.9 Å². The average molecular weight is 300 g/mol. The van der Waals surface area contributed by atoms with Crippen molar-refractivity contribution in [3.8, 4) is 0 Å². The largest absolute Gasteiger partial charge is 0.335 e. The first-order valence-corrected chi connectivity index (χ1v) is 7.52. The van der Waals surface area contributed by atoms with Gasteiger partial charge in [-0.25, -0.2) is 14.6 Å². The summed E-state index contributed by atoms with van der Waals surface area (Å²) in [6.45, 7) is 7.08. The maximum Gasteiger partial charge on any atom is 0.274 e. The highest BCUT2D eigenvalue weighted by Crippen LogP contribution is 2.23. The zero-order valence-electron chi connectivity index (χ0n) is 13.2. The summed E-state index contributed by atoms with van der Waals surface area (Å²) < 4.78 is 1.94. The summed E-state index contributed by atoms with van der Waals surface area (Å²) in [6, 6.07) is 0.178. The predicted octanol–water partition coefficient (Wildman–Crippen LogP) is 1.47. The molecule has 1 aliphatic rings. The number of likely N-dealkylation sites (tertiary alicyclic amines) is 1. The van der Waals surface area contributed by atoms with Gasteiger partial charge in [0.1, 0.15) is 17.3 Å². The van der Waals surface area contributed by atoms with E-state index in [9.17, 15) is 4.79 Å². The van der Waals surface area contributed by atoms with Crippen LogP contribution in [0.25, 0.3) is 0 Å². The third kappa shape index (κ3) is 2.84. The number of piperidine rings is 1. The summed E-state index contributed by atoms with van der Waals surface area (Å²) in [5.74, 6) is 1.60. The Morgan fingerprint density at radius 1 is 1.23 bits per heavy atom. The van der Waals surface area contributed by atoms with Gasteiger partial charge in [0.05, 0.1) is 17.9 Å². The molecule has 116 valence electrons. The van der Waals surface area contributed by atoms with E-state index < -0.39 is 0 Å². The summed E-state index contributed by atoms with van der Waals surface area (Å²) in [7, 11) is 0. The van der Waals surface area contributed by atoms with Gasteiger partial charge in [-0.1, -0.05) is 0 Å². The van der Waals surface area contributed by atoms with E-state index in [0.29, 0.717) is 12.2 Å². The lowest BCUT2D eigenvalue weighted by Crippen LogP contribution is -2.41. The summed E-state index contributed by atoms with van der Waals surface area (Å²) in [5.41, 5.74) is 1.21. The molecule has 0 aromatic carbocycles. The zero-order chi connectivity index (χ0) is 15.7. The van der Waals surface area contributed by atoms with Crippen molar-refractivity contribution in [3.05, 3.63) is 35.4 Å². The molecule has 2 aromatic rings. The van der Waals surface area contributed by atoms with E-state index in [2.05, 4.69) is 20.1 Å². The van der Waals surface area contributed by atoms with E-state index in [1.165, 1.54) is 0 Å². The summed E-state index contributed by atoms with van der Waals surface area (Å²) in [4.78, 5) is 27.1. The van der Waals surface area contributed by atoms with Gasteiger partial charge < -0.3 is 4.90 Å². The molecule has 0 spiro atoms. The van der Waals surface area contributed by atoms with Gasteiger partial charge in [0.2, 0.25) is 0 Å². The SMILES string of the molecule is Cc1cnc(C(=O)N2CCC[C@H](n3nc(C)nc3C)C2)cn1. The van der Waals surface area contributed by atoms with Gasteiger partial charge in [-0.3, -0.25) is 9.78 Å². The number of amides is 1. The number of carbonyl (C=O) groups is 1. The van der Waals surface area contributed by atoms with E-state index in [1.54, 1.807) is 12.4 Å². The van der Waals surface area contributed by atoms with Crippen LogP contribution in [0.1, 0.15) is 46.7 Å². The lowest BCUT2D eigenvalue weighted by atomic mass is 10.1. The fraction of sp³-hybridized carbons (Fsp3) is 0.533. The predicted molar refractivity (Wildman–Crippen MR) is 80.4 cm³/mol. The molecule has 7 heteroatoms. The first kappa shape index (κ1) is 14.6. The van der Waals surface area contributed by atoms with Crippen LogP contribution in [0.5, 0.6) is 0 Å². The van der Waals surface area contributed by atoms with Crippen LogP contribution in [-0.2, 0) is 0 Å². The molecule has 1 amide bonds. The van der Waals surface area contributed by atoms with Crippen molar-refractivity contribution in [2.45, 2.75) is 39.7 Å². The highest BCUT2D eigenvalue weighted by molar-refractivity contribution is 5.92. The molecular weight excluding hydrogens is 280 g/mol. The molecule has 22 heavy (non-hydrogen) atoms. The van der Waals surface area contributed by atoms with Crippen molar-refractivity contribution in [3.63, 3.8) is 0 Å². The molecule has 3 rings (SSSR count). The van der Waals surface area contributed by atoms with Crippen molar-refractivity contribution in [1.82, 2.24) is 29.6 Å². The number of aryl methyl sites for hydroxylation is 3. The number of rotatable bonds is 2. The van der Waals surface area contributed by atoms with Crippen molar-refractivity contribution >= 4 is 5.91 Å². The van der Waals surface area contributed by atoms with Crippen LogP contribution >= 0.6 is 0 Å². The average Bonchev–Trinajstić information content (AvgIpc) is 2.86. The van der Waals surface area contributed by atoms with Crippen LogP contribution in [-0.4, -0.2) is 48.6 Å². The van der Waals surface area contributed by atoms with Crippen LogP contribution in [0, 0.1) is 20.8 Å². The van der Waals surface area contributed by atoms with E-state index >= 15 is 0 Å². The molecule has 0 aliphatic carbocycles. The number of hydrogen-bond donors (Lipinski definition) is 0. The molecule has 1 aliphatic heterocycles. The molecule has 0 bridgehead atoms. The molecule has 0 unspecified atom stereocenters. The first-order valence-electron chi connectivity index (χ1n) is 7.52. The van der Waals surface area contributed by atoms with Gasteiger partial charge in [0.15, 0.2) is 0 Å². The Morgan fingerprint density at radius 2 is 2.05 bits per heavy atom. The van der Waals surface area contributed by atoms with Gasteiger partial charge in [0.25, 0.3) is 5.91 Å². The molecule has 0 radical (unpaired) electrons. The van der Waals surface area contributed by atoms with E-state index in [4.69, 9.17) is 0 Å². The lowest BCUT2D eigenvalue weighted by Gasteiger charge is -2.32. The second-order valence-corrected chi connectivity index (χ2v) is 5.74. The minimum absolute atomic E-state index is 0.0632. The maximum absolute atomic E-state index is 12.6. The number of hydrogen-bond acceptors (Lipinski definition) is 5. The molecule has 3 heterocycles. The Morgan fingerprint density at radius 3 is 2.68 bits per heavy atom. The second kappa shape index (κ2) is 5.82. The molecule has 0 saturated carbocycles. The second-order valence-electron chi connectivity index (χ2n) is 5.74. The lowest BCUT2D eigenvalue weighted by molar-refractivity contribution is 0.0665. The minimum atomic E-state index is -0.0632. The van der Waals surface area contributed by atoms with Gasteiger partial charge in [0, 0.05) is 19.3 Å². The summed E-state index contributed by atoms with van der Waals surface area (Å²) >= 11 is 0. The Bertz CT molecular complexity index is 678. The molecule has 2 aromatic heterocycles. The Kier molecular flexibility index (Phi) is 3.87. The summed E-state index contributed by atoms with van der Waals surface area (Å²) in [5, 5.41) is 4.45. The van der Waals surface area contributed by atoms with Crippen molar-refractivity contribution in [2.75, 3.05) is 13.1 Å². The fourth-order valence-corrected chi connectivity index (χ4v) is 2.89. The molecule has 1 fully saturated rings. The smallest absolute Gasteiger partial charge is 0.274 e. The van der Waals surface area contributed by atoms with Crippen LogP contribution in [0.15, 0.2) is 12.4 Å². The number of carbonyl (C=O) groups excluding carboxylic acids is 1. The van der Waals surface area contributed by atoms with E-state index in [1.807, 2.05) is 30.4 Å². The highest BCUT2D eigenvalue weighted by atomic mass is 16.2. The van der Waals surface area contributed by atoms with Crippen molar-refractivity contribution in [2.24, 2.45) is 0 Å². The third-order valence-electron chi connectivity index (χ3n) is 3.94. The van der Waals surface area contributed by atoms with Gasteiger partial charge in [-0.05, 0) is 33.6 Å².